The third kappa shape index (κ3) is 5.96. The van der Waals surface area contributed by atoms with E-state index in [1.54, 1.807) is 23.5 Å². The fourth-order valence-electron chi connectivity index (χ4n) is 1.80. The molecule has 130 valence electrons. The molecule has 0 fully saturated rings. The zero-order valence-corrected chi connectivity index (χ0v) is 16.2. The van der Waals surface area contributed by atoms with Crippen LogP contribution in [0.1, 0.15) is 5.56 Å². The van der Waals surface area contributed by atoms with E-state index in [1.165, 1.54) is 22.7 Å². The molecule has 11 heteroatoms. The maximum Gasteiger partial charge on any atom is 0.230 e. The Morgan fingerprint density at radius 3 is 2.36 bits per heavy atom. The number of hydrogen-bond acceptors (Lipinski definition) is 10. The summed E-state index contributed by atoms with van der Waals surface area (Å²) in [6.45, 7) is 0. The third-order valence-corrected chi connectivity index (χ3v) is 6.94. The number of benzene rings is 1. The van der Waals surface area contributed by atoms with Gasteiger partial charge in [-0.3, -0.25) is 4.79 Å². The van der Waals surface area contributed by atoms with E-state index in [0.29, 0.717) is 16.7 Å². The molecule has 3 rings (SSSR count). The van der Waals surface area contributed by atoms with E-state index in [1.807, 2.05) is 30.3 Å². The molecule has 0 atom stereocenters. The minimum Gasteiger partial charge on any atom is -0.374 e. The predicted octanol–water partition coefficient (Wildman–Crippen LogP) is 3.04. The number of rotatable bonds is 8. The zero-order chi connectivity index (χ0) is 17.5. The van der Waals surface area contributed by atoms with Crippen molar-refractivity contribution in [2.24, 2.45) is 0 Å². The predicted molar refractivity (Wildman–Crippen MR) is 104 cm³/mol. The normalized spacial score (nSPS) is 10.7. The molecule has 0 aliphatic rings. The molecule has 25 heavy (non-hydrogen) atoms. The van der Waals surface area contributed by atoms with E-state index in [-0.39, 0.29) is 5.91 Å². The standard InChI is InChI=1S/C14H14N6OS4/c15-11-17-19-13(24-11)22-6-7-23-14-20-18-12(25-14)16-10(21)8-9-4-2-1-3-5-9/h1-5H,6-8H2,(H2,15,17)(H,16,18,21). The lowest BCUT2D eigenvalue weighted by Crippen LogP contribution is -2.14. The van der Waals surface area contributed by atoms with Crippen LogP contribution in [0.3, 0.4) is 0 Å². The second-order valence-electron chi connectivity index (χ2n) is 4.69. The van der Waals surface area contributed by atoms with Gasteiger partial charge in [0.2, 0.25) is 16.2 Å². The van der Waals surface area contributed by atoms with Gasteiger partial charge in [-0.15, -0.1) is 20.4 Å². The van der Waals surface area contributed by atoms with Gasteiger partial charge in [0.1, 0.15) is 0 Å². The van der Waals surface area contributed by atoms with Gasteiger partial charge in [0.25, 0.3) is 0 Å². The van der Waals surface area contributed by atoms with Gasteiger partial charge in [0.05, 0.1) is 6.42 Å². The van der Waals surface area contributed by atoms with E-state index >= 15 is 0 Å². The summed E-state index contributed by atoms with van der Waals surface area (Å²) in [5, 5.41) is 19.6. The number of carbonyl (C=O) groups is 1. The Labute approximate surface area is 160 Å². The maximum absolute atomic E-state index is 12.0. The minimum absolute atomic E-state index is 0.0942. The van der Waals surface area contributed by atoms with Crippen LogP contribution < -0.4 is 11.1 Å². The first-order valence-corrected chi connectivity index (χ1v) is 10.8. The first kappa shape index (κ1) is 18.1. The smallest absolute Gasteiger partial charge is 0.230 e. The van der Waals surface area contributed by atoms with Crippen molar-refractivity contribution in [1.29, 1.82) is 0 Å². The van der Waals surface area contributed by atoms with Crippen molar-refractivity contribution in [3.05, 3.63) is 35.9 Å². The van der Waals surface area contributed by atoms with Gasteiger partial charge in [-0.2, -0.15) is 0 Å². The fraction of sp³-hybridized carbons (Fsp3) is 0.214. The SMILES string of the molecule is Nc1nnc(SCCSc2nnc(NC(=O)Cc3ccccc3)s2)s1. The van der Waals surface area contributed by atoms with Crippen LogP contribution in [0.15, 0.2) is 39.0 Å². The topological polar surface area (TPSA) is 107 Å². The highest BCUT2D eigenvalue weighted by atomic mass is 32.2. The Morgan fingerprint density at radius 2 is 1.68 bits per heavy atom. The van der Waals surface area contributed by atoms with Crippen molar-refractivity contribution in [2.45, 2.75) is 15.1 Å². The van der Waals surface area contributed by atoms with Crippen molar-refractivity contribution in [3.63, 3.8) is 0 Å². The summed E-state index contributed by atoms with van der Waals surface area (Å²) in [5.74, 6) is 1.63. The van der Waals surface area contributed by atoms with Gasteiger partial charge in [-0.25, -0.2) is 0 Å². The molecule has 3 N–H and O–H groups in total. The number of thioether (sulfide) groups is 2. The van der Waals surface area contributed by atoms with Crippen LogP contribution in [-0.2, 0) is 11.2 Å². The molecule has 1 amide bonds. The number of nitrogens with zero attached hydrogens (tertiary/aromatic N) is 4. The Morgan fingerprint density at radius 1 is 1.00 bits per heavy atom. The van der Waals surface area contributed by atoms with Crippen LogP contribution >= 0.6 is 46.2 Å². The van der Waals surface area contributed by atoms with Crippen LogP contribution in [0.5, 0.6) is 0 Å². The van der Waals surface area contributed by atoms with Crippen LogP contribution in [-0.4, -0.2) is 37.8 Å². The third-order valence-electron chi connectivity index (χ3n) is 2.82. The lowest BCUT2D eigenvalue weighted by molar-refractivity contribution is -0.115. The summed E-state index contributed by atoms with van der Waals surface area (Å²) < 4.78 is 1.69. The molecule has 0 aliphatic carbocycles. The molecular weight excluding hydrogens is 396 g/mol. The number of anilines is 2. The number of aromatic nitrogens is 4. The van der Waals surface area contributed by atoms with Gasteiger partial charge in [0.15, 0.2) is 8.68 Å². The molecular formula is C14H14N6OS4. The summed E-state index contributed by atoms with van der Waals surface area (Å²) in [4.78, 5) is 12.0. The lowest BCUT2D eigenvalue weighted by atomic mass is 10.1. The number of hydrogen-bond donors (Lipinski definition) is 2. The van der Waals surface area contributed by atoms with Crippen molar-refractivity contribution in [1.82, 2.24) is 20.4 Å². The molecule has 0 bridgehead atoms. The largest absolute Gasteiger partial charge is 0.374 e. The first-order valence-electron chi connectivity index (χ1n) is 7.21. The van der Waals surface area contributed by atoms with Gasteiger partial charge < -0.3 is 11.1 Å². The molecule has 0 saturated carbocycles. The molecule has 1 aromatic carbocycles. The lowest BCUT2D eigenvalue weighted by Gasteiger charge is -2.00. The van der Waals surface area contributed by atoms with Gasteiger partial charge >= 0.3 is 0 Å². The molecule has 7 nitrogen and oxygen atoms in total. The molecule has 0 radical (unpaired) electrons. The maximum atomic E-state index is 12.0. The quantitative estimate of drug-likeness (QED) is 0.331. The number of nitrogen functional groups attached to an aromatic ring is 1. The van der Waals surface area contributed by atoms with E-state index in [0.717, 1.165) is 25.7 Å². The Balaban J connectivity index is 1.40. The molecule has 0 unspecified atom stereocenters. The van der Waals surface area contributed by atoms with Gasteiger partial charge in [-0.1, -0.05) is 76.5 Å². The second kappa shape index (κ2) is 9.13. The van der Waals surface area contributed by atoms with E-state index < -0.39 is 0 Å². The molecule has 0 saturated heterocycles. The Hall–Kier alpha value is -1.69. The van der Waals surface area contributed by atoms with E-state index in [9.17, 15) is 4.79 Å². The first-order chi connectivity index (χ1) is 12.2. The zero-order valence-electron chi connectivity index (χ0n) is 12.9. The van der Waals surface area contributed by atoms with Gasteiger partial charge in [0, 0.05) is 11.5 Å². The Bertz CT molecular complexity index is 822. The number of nitrogens with one attached hydrogen (secondary N) is 1. The van der Waals surface area contributed by atoms with Crippen LogP contribution in [0.2, 0.25) is 0 Å². The molecule has 0 aliphatic heterocycles. The average molecular weight is 411 g/mol. The average Bonchev–Trinajstić information content (AvgIpc) is 3.21. The fourth-order valence-corrected chi connectivity index (χ4v) is 5.31. The summed E-state index contributed by atoms with van der Waals surface area (Å²) in [5.41, 5.74) is 6.51. The van der Waals surface area contributed by atoms with E-state index in [4.69, 9.17) is 5.73 Å². The second-order valence-corrected chi connectivity index (χ2v) is 9.36. The van der Waals surface area contributed by atoms with Gasteiger partial charge in [-0.05, 0) is 5.56 Å². The molecule has 3 aromatic rings. The van der Waals surface area contributed by atoms with Crippen molar-refractivity contribution in [3.8, 4) is 0 Å². The molecule has 2 heterocycles. The molecule has 2 aromatic heterocycles. The van der Waals surface area contributed by atoms with Crippen LogP contribution in [0.4, 0.5) is 10.3 Å². The van der Waals surface area contributed by atoms with Crippen LogP contribution in [0.25, 0.3) is 0 Å². The minimum atomic E-state index is -0.0942. The van der Waals surface area contributed by atoms with Crippen LogP contribution in [0, 0.1) is 0 Å². The monoisotopic (exact) mass is 410 g/mol. The summed E-state index contributed by atoms with van der Waals surface area (Å²) in [6, 6.07) is 9.59. The number of amides is 1. The highest BCUT2D eigenvalue weighted by Gasteiger charge is 2.09. The molecule has 0 spiro atoms. The van der Waals surface area contributed by atoms with Crippen molar-refractivity contribution in [2.75, 3.05) is 22.6 Å². The summed E-state index contributed by atoms with van der Waals surface area (Å²) in [6.07, 6.45) is 0.324. The van der Waals surface area contributed by atoms with Crippen molar-refractivity contribution < 1.29 is 4.79 Å². The number of nitrogens with two attached hydrogens (primary N) is 1. The summed E-state index contributed by atoms with van der Waals surface area (Å²) in [7, 11) is 0. The number of carbonyl (C=O) groups excluding carboxylic acids is 1. The Kier molecular flexibility index (Phi) is 6.62. The summed E-state index contributed by atoms with van der Waals surface area (Å²) >= 11 is 5.96. The highest BCUT2D eigenvalue weighted by Crippen LogP contribution is 2.28. The highest BCUT2D eigenvalue weighted by molar-refractivity contribution is 8.04. The van der Waals surface area contributed by atoms with E-state index in [2.05, 4.69) is 25.7 Å². The van der Waals surface area contributed by atoms with Crippen molar-refractivity contribution >= 4 is 62.4 Å².